The van der Waals surface area contributed by atoms with Crippen LogP contribution in [0.5, 0.6) is 0 Å². The Morgan fingerprint density at radius 1 is 1.38 bits per heavy atom. The molecule has 2 rings (SSSR count). The van der Waals surface area contributed by atoms with E-state index in [1.807, 2.05) is 24.4 Å². The molecule has 0 radical (unpaired) electrons. The van der Waals surface area contributed by atoms with Crippen LogP contribution in [-0.2, 0) is 4.79 Å². The molecule has 0 spiro atoms. The third-order valence-electron chi connectivity index (χ3n) is 3.65. The summed E-state index contributed by atoms with van der Waals surface area (Å²) in [6.07, 6.45) is -3.58. The van der Waals surface area contributed by atoms with Gasteiger partial charge >= 0.3 is 12.2 Å². The lowest BCUT2D eigenvalue weighted by atomic mass is 10.2. The Kier molecular flexibility index (Phi) is 5.74. The maximum absolute atomic E-state index is 12.4. The van der Waals surface area contributed by atoms with Crippen molar-refractivity contribution in [2.24, 2.45) is 0 Å². The molecule has 24 heavy (non-hydrogen) atoms. The molecule has 1 aromatic carbocycles. The summed E-state index contributed by atoms with van der Waals surface area (Å²) in [6.45, 7) is 0.818. The standard InChI is InChI=1S/C15H17BrF3N3O2/c1-9-4-5-11(10(16)7-9)21-14(24)22-6-2-3-12(22)13(23)20-8-15(17,18)19/h4-5,7,12H,2-3,6,8H2,1H3,(H,20,23)(H,21,24). The van der Waals surface area contributed by atoms with Gasteiger partial charge in [0.2, 0.25) is 5.91 Å². The highest BCUT2D eigenvalue weighted by Gasteiger charge is 2.36. The monoisotopic (exact) mass is 407 g/mol. The number of amides is 3. The van der Waals surface area contributed by atoms with Crippen molar-refractivity contribution >= 4 is 33.6 Å². The van der Waals surface area contributed by atoms with E-state index >= 15 is 0 Å². The number of nitrogens with zero attached hydrogens (tertiary/aromatic N) is 1. The summed E-state index contributed by atoms with van der Waals surface area (Å²) >= 11 is 3.34. The zero-order valence-corrected chi connectivity index (χ0v) is 14.5. The van der Waals surface area contributed by atoms with E-state index in [0.717, 1.165) is 5.56 Å². The summed E-state index contributed by atoms with van der Waals surface area (Å²) < 4.78 is 37.3. The Hall–Kier alpha value is -1.77. The minimum Gasteiger partial charge on any atom is -0.345 e. The number of nitrogens with one attached hydrogen (secondary N) is 2. The molecule has 1 saturated heterocycles. The Balaban J connectivity index is 2.01. The molecule has 1 atom stereocenters. The first kappa shape index (κ1) is 18.6. The van der Waals surface area contributed by atoms with Crippen molar-refractivity contribution < 1.29 is 22.8 Å². The van der Waals surface area contributed by atoms with Gasteiger partial charge in [0.25, 0.3) is 0 Å². The normalized spacial score (nSPS) is 17.7. The highest BCUT2D eigenvalue weighted by Crippen LogP contribution is 2.25. The highest BCUT2D eigenvalue weighted by molar-refractivity contribution is 9.10. The van der Waals surface area contributed by atoms with Crippen molar-refractivity contribution in [1.29, 1.82) is 0 Å². The van der Waals surface area contributed by atoms with Crippen molar-refractivity contribution in [1.82, 2.24) is 10.2 Å². The van der Waals surface area contributed by atoms with Gasteiger partial charge in [-0.15, -0.1) is 0 Å². The van der Waals surface area contributed by atoms with Gasteiger partial charge in [0, 0.05) is 11.0 Å². The number of carbonyl (C=O) groups excluding carboxylic acids is 2. The topological polar surface area (TPSA) is 61.4 Å². The maximum atomic E-state index is 12.4. The zero-order chi connectivity index (χ0) is 17.9. The molecule has 0 bridgehead atoms. The summed E-state index contributed by atoms with van der Waals surface area (Å²) in [6, 6.07) is 3.96. The van der Waals surface area contributed by atoms with Crippen molar-refractivity contribution in [2.75, 3.05) is 18.4 Å². The molecule has 9 heteroatoms. The van der Waals surface area contributed by atoms with Crippen molar-refractivity contribution in [2.45, 2.75) is 32.0 Å². The van der Waals surface area contributed by atoms with Gasteiger partial charge in [-0.2, -0.15) is 13.2 Å². The second kappa shape index (κ2) is 7.42. The third-order valence-corrected chi connectivity index (χ3v) is 4.30. The predicted octanol–water partition coefficient (Wildman–Crippen LogP) is 3.43. The van der Waals surface area contributed by atoms with Crippen LogP contribution in [0.3, 0.4) is 0 Å². The average Bonchev–Trinajstić information content (AvgIpc) is 2.96. The summed E-state index contributed by atoms with van der Waals surface area (Å²) in [5.41, 5.74) is 1.54. The number of hydrogen-bond donors (Lipinski definition) is 2. The number of alkyl halides is 3. The Bertz CT molecular complexity index is 637. The molecular formula is C15H17BrF3N3O2. The van der Waals surface area contributed by atoms with Crippen LogP contribution in [0.2, 0.25) is 0 Å². The average molecular weight is 408 g/mol. The van der Waals surface area contributed by atoms with E-state index in [-0.39, 0.29) is 0 Å². The SMILES string of the molecule is Cc1ccc(NC(=O)N2CCCC2C(=O)NCC(F)(F)F)c(Br)c1. The van der Waals surface area contributed by atoms with Crippen LogP contribution < -0.4 is 10.6 Å². The summed E-state index contributed by atoms with van der Waals surface area (Å²) in [4.78, 5) is 25.6. The van der Waals surface area contributed by atoms with Crippen LogP contribution in [0.1, 0.15) is 18.4 Å². The lowest BCUT2D eigenvalue weighted by molar-refractivity contribution is -0.140. The van der Waals surface area contributed by atoms with E-state index in [9.17, 15) is 22.8 Å². The molecule has 132 valence electrons. The van der Waals surface area contributed by atoms with Crippen LogP contribution in [0.4, 0.5) is 23.7 Å². The second-order valence-electron chi connectivity index (χ2n) is 5.60. The quantitative estimate of drug-likeness (QED) is 0.805. The Morgan fingerprint density at radius 2 is 2.08 bits per heavy atom. The molecule has 2 N–H and O–H groups in total. The molecule has 1 fully saturated rings. The molecule has 0 aliphatic carbocycles. The van der Waals surface area contributed by atoms with E-state index < -0.39 is 30.7 Å². The van der Waals surface area contributed by atoms with Gasteiger partial charge < -0.3 is 15.5 Å². The van der Waals surface area contributed by atoms with E-state index in [0.29, 0.717) is 29.5 Å². The van der Waals surface area contributed by atoms with Gasteiger partial charge in [-0.05, 0) is 53.4 Å². The van der Waals surface area contributed by atoms with Crippen molar-refractivity contribution in [3.8, 4) is 0 Å². The molecule has 1 aromatic rings. The Morgan fingerprint density at radius 3 is 2.71 bits per heavy atom. The number of urea groups is 1. The largest absolute Gasteiger partial charge is 0.405 e. The van der Waals surface area contributed by atoms with E-state index in [4.69, 9.17) is 0 Å². The first-order chi connectivity index (χ1) is 11.2. The van der Waals surface area contributed by atoms with E-state index in [1.165, 1.54) is 4.90 Å². The number of benzene rings is 1. The van der Waals surface area contributed by atoms with E-state index in [2.05, 4.69) is 21.2 Å². The van der Waals surface area contributed by atoms with Gasteiger partial charge in [0.1, 0.15) is 12.6 Å². The molecule has 1 aliphatic rings. The number of likely N-dealkylation sites (tertiary alicyclic amines) is 1. The highest BCUT2D eigenvalue weighted by atomic mass is 79.9. The lowest BCUT2D eigenvalue weighted by Gasteiger charge is -2.24. The number of aryl methyl sites for hydroxylation is 1. The molecule has 3 amide bonds. The fraction of sp³-hybridized carbons (Fsp3) is 0.467. The molecule has 0 saturated carbocycles. The molecule has 1 aliphatic heterocycles. The number of halogens is 4. The summed E-state index contributed by atoms with van der Waals surface area (Å²) in [5, 5.41) is 4.51. The number of anilines is 1. The van der Waals surface area contributed by atoms with Crippen LogP contribution in [0.15, 0.2) is 22.7 Å². The number of carbonyl (C=O) groups is 2. The van der Waals surface area contributed by atoms with Gasteiger partial charge in [0.05, 0.1) is 5.69 Å². The second-order valence-corrected chi connectivity index (χ2v) is 6.45. The number of rotatable bonds is 3. The van der Waals surface area contributed by atoms with Crippen LogP contribution in [-0.4, -0.2) is 42.1 Å². The Labute approximate surface area is 145 Å². The summed E-state index contributed by atoms with van der Waals surface area (Å²) in [7, 11) is 0. The number of hydrogen-bond acceptors (Lipinski definition) is 2. The van der Waals surface area contributed by atoms with Gasteiger partial charge in [0.15, 0.2) is 0 Å². The predicted molar refractivity (Wildman–Crippen MR) is 86.7 cm³/mol. The van der Waals surface area contributed by atoms with Gasteiger partial charge in [-0.3, -0.25) is 4.79 Å². The molecular weight excluding hydrogens is 391 g/mol. The van der Waals surface area contributed by atoms with Crippen LogP contribution >= 0.6 is 15.9 Å². The van der Waals surface area contributed by atoms with Gasteiger partial charge in [-0.1, -0.05) is 6.07 Å². The first-order valence-corrected chi connectivity index (χ1v) is 8.15. The fourth-order valence-electron chi connectivity index (χ4n) is 2.50. The van der Waals surface area contributed by atoms with Crippen molar-refractivity contribution in [3.05, 3.63) is 28.2 Å². The molecule has 5 nitrogen and oxygen atoms in total. The molecule has 0 aromatic heterocycles. The minimum absolute atomic E-state index is 0.319. The lowest BCUT2D eigenvalue weighted by Crippen LogP contribution is -2.49. The van der Waals surface area contributed by atoms with Crippen molar-refractivity contribution in [3.63, 3.8) is 0 Å². The van der Waals surface area contributed by atoms with Crippen LogP contribution in [0.25, 0.3) is 0 Å². The summed E-state index contributed by atoms with van der Waals surface area (Å²) in [5.74, 6) is -0.789. The van der Waals surface area contributed by atoms with E-state index in [1.54, 1.807) is 6.07 Å². The molecule has 1 unspecified atom stereocenters. The zero-order valence-electron chi connectivity index (χ0n) is 12.9. The minimum atomic E-state index is -4.48. The van der Waals surface area contributed by atoms with Gasteiger partial charge in [-0.25, -0.2) is 4.79 Å². The third kappa shape index (κ3) is 4.86. The molecule has 1 heterocycles. The van der Waals surface area contributed by atoms with Crippen LogP contribution in [0, 0.1) is 6.92 Å². The maximum Gasteiger partial charge on any atom is 0.405 e. The fourth-order valence-corrected chi connectivity index (χ4v) is 3.09. The smallest absolute Gasteiger partial charge is 0.345 e. The first-order valence-electron chi connectivity index (χ1n) is 7.35.